The maximum Gasteiger partial charge on any atom is 0.407 e. The van der Waals surface area contributed by atoms with E-state index in [1.54, 1.807) is 44.0 Å². The summed E-state index contributed by atoms with van der Waals surface area (Å²) >= 11 is 6.27. The summed E-state index contributed by atoms with van der Waals surface area (Å²) < 4.78 is 20.3. The first-order valence-electron chi connectivity index (χ1n) is 16.9. The zero-order valence-corrected chi connectivity index (χ0v) is 28.2. The molecule has 2 aromatic rings. The molecule has 3 heterocycles. The molecule has 3 fully saturated rings. The molecule has 0 bridgehead atoms. The Labute approximate surface area is 279 Å². The molecule has 258 valence electrons. The molecule has 3 N–H and O–H groups in total. The molecule has 11 nitrogen and oxygen atoms in total. The number of carboxylic acids is 1. The van der Waals surface area contributed by atoms with Crippen LogP contribution in [0.4, 0.5) is 14.9 Å². The third kappa shape index (κ3) is 8.18. The molecule has 0 spiro atoms. The summed E-state index contributed by atoms with van der Waals surface area (Å²) in [5, 5.41) is 15.2. The van der Waals surface area contributed by atoms with Gasteiger partial charge in [0.2, 0.25) is 11.8 Å². The van der Waals surface area contributed by atoms with Gasteiger partial charge < -0.3 is 25.4 Å². The molecular formula is C34H47ClFN5O6. The van der Waals surface area contributed by atoms with Gasteiger partial charge in [-0.2, -0.15) is 0 Å². The SMILES string of the molecule is CC(C)(C)OC(=O)N[C@H](CCF)C1CCC(C(=O)N2CC[C@@H](C3CCCCC3)[C@H]2C(=O)Nc2ccc3nc(C(=O)O)c(Cl)n3c2)CC1. The Morgan fingerprint density at radius 1 is 1.06 bits per heavy atom. The highest BCUT2D eigenvalue weighted by atomic mass is 35.5. The van der Waals surface area contributed by atoms with Crippen LogP contribution in [0.2, 0.25) is 5.15 Å². The van der Waals surface area contributed by atoms with Crippen LogP contribution >= 0.6 is 11.6 Å². The van der Waals surface area contributed by atoms with Crippen LogP contribution in [-0.4, -0.2) is 74.2 Å². The van der Waals surface area contributed by atoms with Crippen molar-refractivity contribution < 1.29 is 33.4 Å². The van der Waals surface area contributed by atoms with Gasteiger partial charge in [-0.3, -0.25) is 18.4 Å². The van der Waals surface area contributed by atoms with Crippen LogP contribution in [-0.2, 0) is 14.3 Å². The number of amides is 3. The monoisotopic (exact) mass is 675 g/mol. The first-order chi connectivity index (χ1) is 22.4. The fraction of sp³-hybridized carbons (Fsp3) is 0.676. The summed E-state index contributed by atoms with van der Waals surface area (Å²) in [7, 11) is 0. The molecule has 1 saturated heterocycles. The van der Waals surface area contributed by atoms with Crippen molar-refractivity contribution in [2.75, 3.05) is 18.5 Å². The lowest BCUT2D eigenvalue weighted by molar-refractivity contribution is -0.142. The number of aromatic carboxylic acids is 1. The van der Waals surface area contributed by atoms with E-state index in [0.29, 0.717) is 49.5 Å². The fourth-order valence-corrected chi connectivity index (χ4v) is 8.16. The van der Waals surface area contributed by atoms with Gasteiger partial charge in [0.1, 0.15) is 22.4 Å². The molecule has 3 atom stereocenters. The van der Waals surface area contributed by atoms with Crippen LogP contribution in [0, 0.1) is 23.7 Å². The minimum Gasteiger partial charge on any atom is -0.476 e. The number of alkyl halides is 1. The molecular weight excluding hydrogens is 629 g/mol. The molecule has 2 aliphatic carbocycles. The topological polar surface area (TPSA) is 142 Å². The van der Waals surface area contributed by atoms with Gasteiger partial charge in [-0.05, 0) is 89.2 Å². The zero-order valence-electron chi connectivity index (χ0n) is 27.5. The van der Waals surface area contributed by atoms with Gasteiger partial charge in [-0.15, -0.1) is 0 Å². The molecule has 13 heteroatoms. The molecule has 2 saturated carbocycles. The van der Waals surface area contributed by atoms with E-state index in [9.17, 15) is 28.7 Å². The van der Waals surface area contributed by atoms with E-state index in [1.165, 1.54) is 10.8 Å². The zero-order chi connectivity index (χ0) is 33.9. The number of carbonyl (C=O) groups excluding carboxylic acids is 3. The number of fused-ring (bicyclic) bond motifs is 1. The van der Waals surface area contributed by atoms with Crippen molar-refractivity contribution in [2.24, 2.45) is 23.7 Å². The fourth-order valence-electron chi connectivity index (χ4n) is 7.90. The Morgan fingerprint density at radius 2 is 1.77 bits per heavy atom. The van der Waals surface area contributed by atoms with Crippen molar-refractivity contribution in [1.82, 2.24) is 19.6 Å². The minimum atomic E-state index is -1.24. The number of halogens is 2. The molecule has 2 aromatic heterocycles. The van der Waals surface area contributed by atoms with Gasteiger partial charge >= 0.3 is 12.1 Å². The first kappa shape index (κ1) is 34.9. The Kier molecular flexibility index (Phi) is 11.0. The summed E-state index contributed by atoms with van der Waals surface area (Å²) in [6, 6.07) is 2.25. The van der Waals surface area contributed by atoms with Crippen LogP contribution in [0.15, 0.2) is 18.3 Å². The van der Waals surface area contributed by atoms with Gasteiger partial charge in [0.15, 0.2) is 5.69 Å². The van der Waals surface area contributed by atoms with Crippen LogP contribution < -0.4 is 10.6 Å². The van der Waals surface area contributed by atoms with Crippen LogP contribution in [0.1, 0.15) is 102 Å². The van der Waals surface area contributed by atoms with E-state index < -0.39 is 30.4 Å². The van der Waals surface area contributed by atoms with E-state index in [2.05, 4.69) is 15.6 Å². The number of carbonyl (C=O) groups is 4. The summed E-state index contributed by atoms with van der Waals surface area (Å²) in [5.74, 6) is -1.36. The molecule has 5 rings (SSSR count). The lowest BCUT2D eigenvalue weighted by atomic mass is 9.75. The van der Waals surface area contributed by atoms with Crippen molar-refractivity contribution in [2.45, 2.75) is 109 Å². The van der Waals surface area contributed by atoms with Crippen LogP contribution in [0.25, 0.3) is 5.65 Å². The maximum absolute atomic E-state index is 14.1. The Bertz CT molecular complexity index is 1460. The van der Waals surface area contributed by atoms with Crippen LogP contribution in [0.3, 0.4) is 0 Å². The normalized spacial score (nSPS) is 24.6. The third-order valence-corrected chi connectivity index (χ3v) is 10.5. The van der Waals surface area contributed by atoms with E-state index in [0.717, 1.165) is 32.1 Å². The van der Waals surface area contributed by atoms with Crippen molar-refractivity contribution in [1.29, 1.82) is 0 Å². The highest BCUT2D eigenvalue weighted by Gasteiger charge is 2.47. The number of imidazole rings is 1. The number of hydrogen-bond acceptors (Lipinski definition) is 6. The highest BCUT2D eigenvalue weighted by Crippen LogP contribution is 2.41. The van der Waals surface area contributed by atoms with Crippen LogP contribution in [0.5, 0.6) is 0 Å². The number of nitrogens with one attached hydrogen (secondary N) is 2. The Hall–Kier alpha value is -3.41. The maximum atomic E-state index is 14.1. The number of carboxylic acid groups (broad SMARTS) is 1. The van der Waals surface area contributed by atoms with Gasteiger partial charge in [-0.1, -0.05) is 43.7 Å². The number of alkyl carbamates (subject to hydrolysis) is 1. The number of aromatic nitrogens is 2. The summed E-state index contributed by atoms with van der Waals surface area (Å²) in [6.45, 7) is 5.29. The smallest absolute Gasteiger partial charge is 0.407 e. The number of pyridine rings is 1. The quantitative estimate of drug-likeness (QED) is 0.276. The molecule has 47 heavy (non-hydrogen) atoms. The van der Waals surface area contributed by atoms with E-state index in [4.69, 9.17) is 16.3 Å². The largest absolute Gasteiger partial charge is 0.476 e. The van der Waals surface area contributed by atoms with E-state index in [1.807, 2.05) is 0 Å². The summed E-state index contributed by atoms with van der Waals surface area (Å²) in [6.07, 6.45) is 9.96. The van der Waals surface area contributed by atoms with E-state index in [-0.39, 0.29) is 52.9 Å². The van der Waals surface area contributed by atoms with Crippen molar-refractivity contribution in [3.8, 4) is 0 Å². The average molecular weight is 676 g/mol. The summed E-state index contributed by atoms with van der Waals surface area (Å²) in [4.78, 5) is 58.0. The molecule has 3 amide bonds. The van der Waals surface area contributed by atoms with Gasteiger partial charge in [0.25, 0.3) is 0 Å². The predicted molar refractivity (Wildman–Crippen MR) is 175 cm³/mol. The highest BCUT2D eigenvalue weighted by molar-refractivity contribution is 6.32. The van der Waals surface area contributed by atoms with Gasteiger partial charge in [0.05, 0.1) is 12.4 Å². The number of anilines is 1. The summed E-state index contributed by atoms with van der Waals surface area (Å²) in [5.41, 5.74) is -0.163. The third-order valence-electron chi connectivity index (χ3n) is 10.1. The van der Waals surface area contributed by atoms with Crippen molar-refractivity contribution in [3.63, 3.8) is 0 Å². The second-order valence-corrected chi connectivity index (χ2v) is 14.7. The second kappa shape index (κ2) is 14.8. The molecule has 0 aromatic carbocycles. The lowest BCUT2D eigenvalue weighted by Gasteiger charge is -2.37. The van der Waals surface area contributed by atoms with Crippen molar-refractivity contribution >= 4 is 46.8 Å². The number of hydrogen-bond donors (Lipinski definition) is 3. The van der Waals surface area contributed by atoms with Gasteiger partial charge in [0, 0.05) is 24.7 Å². The Morgan fingerprint density at radius 3 is 2.40 bits per heavy atom. The molecule has 0 unspecified atom stereocenters. The molecule has 0 radical (unpaired) electrons. The lowest BCUT2D eigenvalue weighted by Crippen LogP contribution is -2.50. The molecule has 1 aliphatic heterocycles. The second-order valence-electron chi connectivity index (χ2n) is 14.4. The van der Waals surface area contributed by atoms with Gasteiger partial charge in [-0.25, -0.2) is 14.6 Å². The molecule has 3 aliphatic rings. The Balaban J connectivity index is 1.29. The van der Waals surface area contributed by atoms with Crippen molar-refractivity contribution in [3.05, 3.63) is 29.2 Å². The number of ether oxygens (including phenoxy) is 1. The standard InChI is InChI=1S/C34H47ClFN5O6/c1-34(2,3)47-33(46)38-25(15-17-36)21-9-11-22(12-10-21)31(43)40-18-16-24(20-7-5-4-6-8-20)28(40)30(42)37-23-13-14-26-39-27(32(44)45)29(35)41(26)19-23/h13-14,19-22,24-25,28H,4-12,15-18H2,1-3H3,(H,37,42)(H,38,46)(H,44,45)/t21?,22?,24-,25+,28-/m0/s1. The number of likely N-dealkylation sites (tertiary alicyclic amines) is 1. The average Bonchev–Trinajstić information content (AvgIpc) is 3.62. The number of rotatable bonds is 9. The number of nitrogens with zero attached hydrogens (tertiary/aromatic N) is 3. The predicted octanol–water partition coefficient (Wildman–Crippen LogP) is 6.48. The van der Waals surface area contributed by atoms with E-state index >= 15 is 0 Å². The first-order valence-corrected chi connectivity index (χ1v) is 17.3. The minimum absolute atomic E-state index is 0.0248.